The third-order valence-corrected chi connectivity index (χ3v) is 2.67. The van der Waals surface area contributed by atoms with E-state index in [9.17, 15) is 0 Å². The summed E-state index contributed by atoms with van der Waals surface area (Å²) in [6, 6.07) is 14.1. The van der Waals surface area contributed by atoms with E-state index in [2.05, 4.69) is 26.2 Å². The zero-order chi connectivity index (χ0) is 10.7. The fourth-order valence-electron chi connectivity index (χ4n) is 1.36. The van der Waals surface area contributed by atoms with Gasteiger partial charge in [0.25, 0.3) is 0 Å². The summed E-state index contributed by atoms with van der Waals surface area (Å²) in [4.78, 5) is 4.46. The molecule has 2 nitrogen and oxygen atoms in total. The minimum atomic E-state index is 0.885. The van der Waals surface area contributed by atoms with Gasteiger partial charge in [-0.25, -0.2) is 4.98 Å². The number of anilines is 1. The molecule has 0 aliphatic heterocycles. The van der Waals surface area contributed by atoms with Gasteiger partial charge in [-0.15, -0.1) is 0 Å². The molecule has 0 aliphatic carbocycles. The standard InChI is InChI=1S/C12H11BrN2/c1-14-12-4-2-3-11(15-12)9-5-7-10(13)8-6-9/h2-8H,1H3,(H,14,15). The Morgan fingerprint density at radius 3 is 2.47 bits per heavy atom. The second-order valence-corrected chi connectivity index (χ2v) is 4.08. The van der Waals surface area contributed by atoms with Crippen LogP contribution >= 0.6 is 15.9 Å². The second-order valence-electron chi connectivity index (χ2n) is 3.16. The van der Waals surface area contributed by atoms with E-state index in [1.54, 1.807) is 0 Å². The number of pyridine rings is 1. The van der Waals surface area contributed by atoms with Crippen molar-refractivity contribution in [2.45, 2.75) is 0 Å². The Balaban J connectivity index is 2.40. The van der Waals surface area contributed by atoms with Crippen molar-refractivity contribution in [3.8, 4) is 11.3 Å². The van der Waals surface area contributed by atoms with Crippen LogP contribution in [0.3, 0.4) is 0 Å². The van der Waals surface area contributed by atoms with Gasteiger partial charge >= 0.3 is 0 Å². The molecule has 0 amide bonds. The largest absolute Gasteiger partial charge is 0.373 e. The van der Waals surface area contributed by atoms with Crippen LogP contribution < -0.4 is 5.32 Å². The highest BCUT2D eigenvalue weighted by Crippen LogP contribution is 2.20. The van der Waals surface area contributed by atoms with Gasteiger partial charge in [-0.05, 0) is 24.3 Å². The summed E-state index contributed by atoms with van der Waals surface area (Å²) in [5, 5.41) is 3.03. The molecule has 0 radical (unpaired) electrons. The number of aromatic nitrogens is 1. The number of hydrogen-bond donors (Lipinski definition) is 1. The molecule has 0 saturated carbocycles. The van der Waals surface area contributed by atoms with Gasteiger partial charge in [0.2, 0.25) is 0 Å². The van der Waals surface area contributed by atoms with Crippen LogP contribution in [0.5, 0.6) is 0 Å². The van der Waals surface area contributed by atoms with E-state index in [4.69, 9.17) is 0 Å². The van der Waals surface area contributed by atoms with Crippen LogP contribution in [-0.4, -0.2) is 12.0 Å². The van der Waals surface area contributed by atoms with Crippen LogP contribution in [0.1, 0.15) is 0 Å². The summed E-state index contributed by atoms with van der Waals surface area (Å²) < 4.78 is 1.08. The first-order chi connectivity index (χ1) is 7.29. The highest BCUT2D eigenvalue weighted by atomic mass is 79.9. The van der Waals surface area contributed by atoms with E-state index in [0.29, 0.717) is 0 Å². The molecule has 76 valence electrons. The lowest BCUT2D eigenvalue weighted by molar-refractivity contribution is 1.29. The van der Waals surface area contributed by atoms with Crippen molar-refractivity contribution in [3.63, 3.8) is 0 Å². The average molecular weight is 263 g/mol. The Kier molecular flexibility index (Phi) is 3.02. The molecule has 2 rings (SSSR count). The van der Waals surface area contributed by atoms with Gasteiger partial charge in [-0.3, -0.25) is 0 Å². The molecular formula is C12H11BrN2. The third-order valence-electron chi connectivity index (χ3n) is 2.15. The lowest BCUT2D eigenvalue weighted by atomic mass is 10.1. The zero-order valence-corrected chi connectivity index (χ0v) is 9.95. The smallest absolute Gasteiger partial charge is 0.126 e. The summed E-state index contributed by atoms with van der Waals surface area (Å²) in [6.07, 6.45) is 0. The summed E-state index contributed by atoms with van der Waals surface area (Å²) in [5.74, 6) is 0.885. The third kappa shape index (κ3) is 2.36. The molecule has 1 aromatic heterocycles. The molecule has 2 aromatic rings. The lowest BCUT2D eigenvalue weighted by Gasteiger charge is -2.03. The fourth-order valence-corrected chi connectivity index (χ4v) is 1.62. The first-order valence-corrected chi connectivity index (χ1v) is 5.49. The topological polar surface area (TPSA) is 24.9 Å². The Labute approximate surface area is 97.5 Å². The van der Waals surface area contributed by atoms with Gasteiger partial charge in [-0.2, -0.15) is 0 Å². The summed E-state index contributed by atoms with van der Waals surface area (Å²) in [7, 11) is 1.87. The van der Waals surface area contributed by atoms with Crippen molar-refractivity contribution in [1.82, 2.24) is 4.98 Å². The van der Waals surface area contributed by atoms with Crippen molar-refractivity contribution in [2.75, 3.05) is 12.4 Å². The van der Waals surface area contributed by atoms with E-state index in [0.717, 1.165) is 21.5 Å². The molecule has 0 unspecified atom stereocenters. The van der Waals surface area contributed by atoms with Gasteiger partial charge in [0, 0.05) is 17.1 Å². The maximum absolute atomic E-state index is 4.46. The molecule has 0 fully saturated rings. The first-order valence-electron chi connectivity index (χ1n) is 4.70. The monoisotopic (exact) mass is 262 g/mol. The molecule has 0 spiro atoms. The maximum Gasteiger partial charge on any atom is 0.126 e. The predicted octanol–water partition coefficient (Wildman–Crippen LogP) is 3.55. The van der Waals surface area contributed by atoms with Crippen molar-refractivity contribution >= 4 is 21.7 Å². The number of halogens is 1. The Morgan fingerprint density at radius 2 is 1.80 bits per heavy atom. The Morgan fingerprint density at radius 1 is 1.07 bits per heavy atom. The molecule has 15 heavy (non-hydrogen) atoms. The van der Waals surface area contributed by atoms with E-state index >= 15 is 0 Å². The van der Waals surface area contributed by atoms with E-state index < -0.39 is 0 Å². The minimum Gasteiger partial charge on any atom is -0.373 e. The van der Waals surface area contributed by atoms with Gasteiger partial charge in [-0.1, -0.05) is 34.1 Å². The van der Waals surface area contributed by atoms with Crippen LogP contribution in [0.2, 0.25) is 0 Å². The van der Waals surface area contributed by atoms with Gasteiger partial charge < -0.3 is 5.32 Å². The molecule has 0 bridgehead atoms. The molecular weight excluding hydrogens is 252 g/mol. The van der Waals surface area contributed by atoms with Crippen molar-refractivity contribution in [3.05, 3.63) is 46.9 Å². The summed E-state index contributed by atoms with van der Waals surface area (Å²) in [6.45, 7) is 0. The predicted molar refractivity (Wildman–Crippen MR) is 66.9 cm³/mol. The number of nitrogens with one attached hydrogen (secondary N) is 1. The molecule has 0 aliphatic rings. The highest BCUT2D eigenvalue weighted by molar-refractivity contribution is 9.10. The van der Waals surface area contributed by atoms with E-state index in [1.165, 1.54) is 0 Å². The second kappa shape index (κ2) is 4.45. The van der Waals surface area contributed by atoms with Crippen molar-refractivity contribution in [1.29, 1.82) is 0 Å². The summed E-state index contributed by atoms with van der Waals surface area (Å²) in [5.41, 5.74) is 2.10. The molecule has 3 heteroatoms. The Hall–Kier alpha value is -1.35. The van der Waals surface area contributed by atoms with Crippen LogP contribution in [0, 0.1) is 0 Å². The lowest BCUT2D eigenvalue weighted by Crippen LogP contribution is -1.92. The van der Waals surface area contributed by atoms with Crippen LogP contribution in [-0.2, 0) is 0 Å². The number of rotatable bonds is 2. The molecule has 1 heterocycles. The van der Waals surface area contributed by atoms with E-state index in [-0.39, 0.29) is 0 Å². The number of nitrogens with zero attached hydrogens (tertiary/aromatic N) is 1. The number of hydrogen-bond acceptors (Lipinski definition) is 2. The van der Waals surface area contributed by atoms with Crippen molar-refractivity contribution < 1.29 is 0 Å². The minimum absolute atomic E-state index is 0.885. The summed E-state index contributed by atoms with van der Waals surface area (Å²) >= 11 is 3.41. The van der Waals surface area contributed by atoms with Crippen LogP contribution in [0.25, 0.3) is 11.3 Å². The molecule has 0 saturated heterocycles. The van der Waals surface area contributed by atoms with Crippen LogP contribution in [0.15, 0.2) is 46.9 Å². The maximum atomic E-state index is 4.46. The van der Waals surface area contributed by atoms with Gasteiger partial charge in [0.05, 0.1) is 5.69 Å². The zero-order valence-electron chi connectivity index (χ0n) is 8.37. The molecule has 1 N–H and O–H groups in total. The SMILES string of the molecule is CNc1cccc(-c2ccc(Br)cc2)n1. The molecule has 1 aromatic carbocycles. The molecule has 0 atom stereocenters. The first kappa shape index (κ1) is 10.2. The normalized spacial score (nSPS) is 10.0. The quantitative estimate of drug-likeness (QED) is 0.896. The number of benzene rings is 1. The van der Waals surface area contributed by atoms with Crippen LogP contribution in [0.4, 0.5) is 5.82 Å². The highest BCUT2D eigenvalue weighted by Gasteiger charge is 1.99. The van der Waals surface area contributed by atoms with Gasteiger partial charge in [0.1, 0.15) is 5.82 Å². The Bertz CT molecular complexity index is 451. The van der Waals surface area contributed by atoms with Crippen molar-refractivity contribution in [2.24, 2.45) is 0 Å². The van der Waals surface area contributed by atoms with Gasteiger partial charge in [0.15, 0.2) is 0 Å². The average Bonchev–Trinajstić information content (AvgIpc) is 2.30. The van der Waals surface area contributed by atoms with E-state index in [1.807, 2.05) is 49.5 Å². The fraction of sp³-hybridized carbons (Fsp3) is 0.0833.